The van der Waals surface area contributed by atoms with Crippen molar-refractivity contribution in [1.29, 1.82) is 0 Å². The van der Waals surface area contributed by atoms with Gasteiger partial charge in [-0.25, -0.2) is 0 Å². The van der Waals surface area contributed by atoms with E-state index in [1.165, 1.54) is 71.2 Å². The van der Waals surface area contributed by atoms with Crippen LogP contribution in [0.15, 0.2) is 224 Å². The van der Waals surface area contributed by atoms with Crippen LogP contribution < -0.4 is 4.90 Å². The molecule has 0 aliphatic heterocycles. The van der Waals surface area contributed by atoms with E-state index < -0.39 is 0 Å². The number of benzene rings is 9. The van der Waals surface area contributed by atoms with Crippen LogP contribution in [0.3, 0.4) is 0 Å². The fourth-order valence-corrected chi connectivity index (χ4v) is 9.02. The van der Waals surface area contributed by atoms with Crippen LogP contribution in [0, 0.1) is 0 Å². The first kappa shape index (κ1) is 33.9. The van der Waals surface area contributed by atoms with Crippen molar-refractivity contribution in [2.45, 2.75) is 12.3 Å². The highest BCUT2D eigenvalue weighted by atomic mass is 15.1. The minimum Gasteiger partial charge on any atom is -0.310 e. The van der Waals surface area contributed by atoms with Crippen molar-refractivity contribution in [3.8, 4) is 16.8 Å². The van der Waals surface area contributed by atoms with E-state index in [-0.39, 0.29) is 5.92 Å². The molecule has 1 unspecified atom stereocenters. The van der Waals surface area contributed by atoms with Crippen molar-refractivity contribution in [1.82, 2.24) is 4.57 Å². The average molecular weight is 741 g/mol. The molecule has 1 atom stereocenters. The highest BCUT2D eigenvalue weighted by molar-refractivity contribution is 6.25. The second-order valence-corrected chi connectivity index (χ2v) is 15.3. The second-order valence-electron chi connectivity index (χ2n) is 15.3. The zero-order chi connectivity index (χ0) is 38.4. The molecule has 2 nitrogen and oxygen atoms in total. The molecule has 1 heterocycles. The van der Waals surface area contributed by atoms with Crippen molar-refractivity contribution in [2.24, 2.45) is 0 Å². The summed E-state index contributed by atoms with van der Waals surface area (Å²) in [5.74, 6) is 0.276. The molecule has 11 rings (SSSR count). The third-order valence-electron chi connectivity index (χ3n) is 11.9. The highest BCUT2D eigenvalue weighted by Gasteiger charge is 2.25. The summed E-state index contributed by atoms with van der Waals surface area (Å²) >= 11 is 0. The monoisotopic (exact) mass is 740 g/mol. The molecule has 0 saturated heterocycles. The Morgan fingerprint density at radius 3 is 1.84 bits per heavy atom. The van der Waals surface area contributed by atoms with Gasteiger partial charge in [0.1, 0.15) is 0 Å². The van der Waals surface area contributed by atoms with E-state index in [4.69, 9.17) is 0 Å². The number of aromatic nitrogens is 1. The Morgan fingerprint density at radius 1 is 0.466 bits per heavy atom. The zero-order valence-electron chi connectivity index (χ0n) is 32.0. The van der Waals surface area contributed by atoms with E-state index in [1.807, 2.05) is 0 Å². The summed E-state index contributed by atoms with van der Waals surface area (Å²) in [5, 5.41) is 7.35. The molecule has 0 spiro atoms. The van der Waals surface area contributed by atoms with E-state index in [9.17, 15) is 0 Å². The van der Waals surface area contributed by atoms with Gasteiger partial charge in [0.05, 0.1) is 16.7 Å². The number of nitrogens with zero attached hydrogens (tertiary/aromatic N) is 2. The lowest BCUT2D eigenvalue weighted by molar-refractivity contribution is 0.858. The number of hydrogen-bond acceptors (Lipinski definition) is 1. The van der Waals surface area contributed by atoms with Crippen LogP contribution in [0.1, 0.15) is 23.5 Å². The predicted molar refractivity (Wildman–Crippen MR) is 247 cm³/mol. The van der Waals surface area contributed by atoms with Crippen LogP contribution >= 0.6 is 0 Å². The molecule has 1 aliphatic rings. The summed E-state index contributed by atoms with van der Waals surface area (Å²) in [7, 11) is 0. The molecular formula is C56H40N2. The third kappa shape index (κ3) is 5.90. The van der Waals surface area contributed by atoms with Gasteiger partial charge in [0, 0.05) is 39.1 Å². The van der Waals surface area contributed by atoms with Crippen molar-refractivity contribution < 1.29 is 0 Å². The molecule has 1 aliphatic carbocycles. The SMILES string of the molecule is C1=CC(c2ccc3c(c2)c2c(N(c4ccc(-c5ccccc5)cc4)c4ccc5ccccc5c4)cc4ccccc4c2n3-c2ccccc2)CC=C1c1ccccc1. The van der Waals surface area contributed by atoms with Gasteiger partial charge in [0.2, 0.25) is 0 Å². The maximum absolute atomic E-state index is 2.49. The Bertz CT molecular complexity index is 3170. The van der Waals surface area contributed by atoms with E-state index in [2.05, 4.69) is 234 Å². The van der Waals surface area contributed by atoms with Crippen LogP contribution in [0.5, 0.6) is 0 Å². The van der Waals surface area contributed by atoms with Crippen molar-refractivity contribution in [3.63, 3.8) is 0 Å². The molecule has 58 heavy (non-hydrogen) atoms. The first-order valence-electron chi connectivity index (χ1n) is 20.2. The van der Waals surface area contributed by atoms with Crippen LogP contribution in [0.4, 0.5) is 17.1 Å². The lowest BCUT2D eigenvalue weighted by Crippen LogP contribution is -2.10. The molecule has 0 bridgehead atoms. The van der Waals surface area contributed by atoms with Gasteiger partial charge in [-0.1, -0.05) is 170 Å². The van der Waals surface area contributed by atoms with E-state index >= 15 is 0 Å². The van der Waals surface area contributed by atoms with Gasteiger partial charge in [-0.15, -0.1) is 0 Å². The Hall–Kier alpha value is -7.42. The van der Waals surface area contributed by atoms with Crippen LogP contribution in [0.25, 0.3) is 65.7 Å². The molecule has 9 aromatic carbocycles. The number of allylic oxidation sites excluding steroid dienone is 4. The molecule has 0 amide bonds. The molecule has 0 saturated carbocycles. The molecule has 10 aromatic rings. The average Bonchev–Trinajstić information content (AvgIpc) is 3.65. The lowest BCUT2D eigenvalue weighted by atomic mass is 9.87. The van der Waals surface area contributed by atoms with Crippen LogP contribution in [-0.2, 0) is 0 Å². The molecule has 0 radical (unpaired) electrons. The van der Waals surface area contributed by atoms with Gasteiger partial charge in [0.25, 0.3) is 0 Å². The molecule has 0 N–H and O–H groups in total. The van der Waals surface area contributed by atoms with Crippen molar-refractivity contribution >= 4 is 66.0 Å². The minimum atomic E-state index is 0.276. The molecule has 1 aromatic heterocycles. The smallest absolute Gasteiger partial charge is 0.0640 e. The fourth-order valence-electron chi connectivity index (χ4n) is 9.02. The number of fused-ring (bicyclic) bond motifs is 6. The molecule has 274 valence electrons. The zero-order valence-corrected chi connectivity index (χ0v) is 32.0. The second kappa shape index (κ2) is 14.3. The molecular weight excluding hydrogens is 701 g/mol. The predicted octanol–water partition coefficient (Wildman–Crippen LogP) is 15.4. The molecule has 2 heteroatoms. The number of para-hydroxylation sites is 1. The van der Waals surface area contributed by atoms with Gasteiger partial charge < -0.3 is 9.47 Å². The summed E-state index contributed by atoms with van der Waals surface area (Å²) in [4.78, 5) is 2.48. The van der Waals surface area contributed by atoms with Crippen LogP contribution in [-0.4, -0.2) is 4.57 Å². The van der Waals surface area contributed by atoms with Crippen LogP contribution in [0.2, 0.25) is 0 Å². The van der Waals surface area contributed by atoms with Gasteiger partial charge >= 0.3 is 0 Å². The van der Waals surface area contributed by atoms with Gasteiger partial charge in [0.15, 0.2) is 0 Å². The first-order valence-corrected chi connectivity index (χ1v) is 20.2. The summed E-state index contributed by atoms with van der Waals surface area (Å²) in [6.07, 6.45) is 8.06. The summed E-state index contributed by atoms with van der Waals surface area (Å²) in [5.41, 5.74) is 13.2. The first-order chi connectivity index (χ1) is 28.8. The van der Waals surface area contributed by atoms with E-state index in [0.29, 0.717) is 0 Å². The Balaban J connectivity index is 1.18. The maximum Gasteiger partial charge on any atom is 0.0640 e. The lowest BCUT2D eigenvalue weighted by Gasteiger charge is -2.28. The van der Waals surface area contributed by atoms with Gasteiger partial charge in [-0.2, -0.15) is 0 Å². The highest BCUT2D eigenvalue weighted by Crippen LogP contribution is 2.48. The largest absolute Gasteiger partial charge is 0.310 e. The number of rotatable bonds is 7. The standard InChI is InChI=1S/C56H40N2/c1-4-14-39(15-5-1)42-24-26-44(27-25-42)46-31-35-53-52(37-46)55-54(38-47-20-12-13-23-51(47)56(55)58(53)48-21-8-3-9-22-48)57(50-34-30-41-18-10-11-19-45(41)36-50)49-32-28-43(29-33-49)40-16-6-2-7-17-40/h1-26,28-38,44H,27H2. The number of hydrogen-bond donors (Lipinski definition) is 0. The van der Waals surface area contributed by atoms with E-state index in [0.717, 1.165) is 29.2 Å². The maximum atomic E-state index is 2.49. The summed E-state index contributed by atoms with van der Waals surface area (Å²) < 4.78 is 2.49. The Kier molecular flexibility index (Phi) is 8.33. The van der Waals surface area contributed by atoms with Crippen molar-refractivity contribution in [2.75, 3.05) is 4.90 Å². The summed E-state index contributed by atoms with van der Waals surface area (Å²) in [6, 6.07) is 75.3. The summed E-state index contributed by atoms with van der Waals surface area (Å²) in [6.45, 7) is 0. The fraction of sp³-hybridized carbons (Fsp3) is 0.0357. The minimum absolute atomic E-state index is 0.276. The Morgan fingerprint density at radius 2 is 1.10 bits per heavy atom. The van der Waals surface area contributed by atoms with Crippen molar-refractivity contribution in [3.05, 3.63) is 236 Å². The number of anilines is 3. The van der Waals surface area contributed by atoms with Gasteiger partial charge in [-0.3, -0.25) is 0 Å². The Labute approximate surface area is 338 Å². The quantitative estimate of drug-likeness (QED) is 0.158. The van der Waals surface area contributed by atoms with Gasteiger partial charge in [-0.05, 0) is 105 Å². The normalized spacial score (nSPS) is 14.0. The third-order valence-corrected chi connectivity index (χ3v) is 11.9. The topological polar surface area (TPSA) is 8.17 Å². The molecule has 0 fully saturated rings. The van der Waals surface area contributed by atoms with E-state index in [1.54, 1.807) is 0 Å².